The largest absolute Gasteiger partial charge is 0.392 e. The molecular formula is C14H22N2O2. The van der Waals surface area contributed by atoms with E-state index in [1.807, 2.05) is 12.1 Å². The third kappa shape index (κ3) is 3.00. The maximum Gasteiger partial charge on any atom is 0.129 e. The molecule has 1 aliphatic rings. The van der Waals surface area contributed by atoms with Crippen molar-refractivity contribution in [3.8, 4) is 0 Å². The number of rotatable bonds is 3. The average Bonchev–Trinajstić information content (AvgIpc) is 2.37. The van der Waals surface area contributed by atoms with Gasteiger partial charge in [0.05, 0.1) is 18.8 Å². The van der Waals surface area contributed by atoms with Gasteiger partial charge in [-0.2, -0.15) is 0 Å². The Labute approximate surface area is 109 Å². The number of nitrogens with zero attached hydrogens (tertiary/aromatic N) is 2. The van der Waals surface area contributed by atoms with Gasteiger partial charge in [0.15, 0.2) is 0 Å². The first-order valence-electron chi connectivity index (χ1n) is 6.63. The van der Waals surface area contributed by atoms with E-state index in [1.54, 1.807) is 0 Å². The molecule has 0 aromatic carbocycles. The second kappa shape index (κ2) is 5.67. The van der Waals surface area contributed by atoms with Gasteiger partial charge in [0.25, 0.3) is 0 Å². The number of ether oxygens (including phenoxy) is 1. The van der Waals surface area contributed by atoms with Crippen LogP contribution in [0.25, 0.3) is 0 Å². The summed E-state index contributed by atoms with van der Waals surface area (Å²) in [7, 11) is 0. The van der Waals surface area contributed by atoms with Crippen molar-refractivity contribution < 1.29 is 9.84 Å². The molecule has 4 heteroatoms. The lowest BCUT2D eigenvalue weighted by atomic mass is 10.1. The van der Waals surface area contributed by atoms with E-state index in [1.165, 1.54) is 0 Å². The van der Waals surface area contributed by atoms with Crippen molar-refractivity contribution in [2.45, 2.75) is 46.0 Å². The van der Waals surface area contributed by atoms with Crippen molar-refractivity contribution >= 4 is 5.82 Å². The number of pyridine rings is 1. The van der Waals surface area contributed by atoms with Crippen LogP contribution >= 0.6 is 0 Å². The molecule has 0 amide bonds. The molecule has 2 rings (SSSR count). The molecule has 100 valence electrons. The molecule has 1 aromatic heterocycles. The third-order valence-corrected chi connectivity index (χ3v) is 3.21. The molecule has 18 heavy (non-hydrogen) atoms. The van der Waals surface area contributed by atoms with E-state index >= 15 is 0 Å². The Morgan fingerprint density at radius 3 is 2.56 bits per heavy atom. The molecule has 0 radical (unpaired) electrons. The first-order valence-corrected chi connectivity index (χ1v) is 6.63. The molecule has 2 unspecified atom stereocenters. The predicted octanol–water partition coefficient (Wildman–Crippen LogP) is 1.75. The standard InChI is InChI=1S/C14H22N2O2/c1-4-13-5-12(9-17)6-14(15-13)16-7-10(2)18-11(3)8-16/h5-6,10-11,17H,4,7-9H2,1-3H3. The fraction of sp³-hybridized carbons (Fsp3) is 0.643. The highest BCUT2D eigenvalue weighted by Gasteiger charge is 2.23. The predicted molar refractivity (Wildman–Crippen MR) is 71.8 cm³/mol. The van der Waals surface area contributed by atoms with E-state index in [2.05, 4.69) is 30.7 Å². The van der Waals surface area contributed by atoms with Crippen LogP contribution in [-0.4, -0.2) is 35.4 Å². The molecule has 0 saturated carbocycles. The minimum atomic E-state index is 0.0674. The molecule has 2 atom stereocenters. The van der Waals surface area contributed by atoms with Crippen LogP contribution in [0, 0.1) is 0 Å². The van der Waals surface area contributed by atoms with Gasteiger partial charge in [-0.1, -0.05) is 6.92 Å². The summed E-state index contributed by atoms with van der Waals surface area (Å²) in [5.41, 5.74) is 1.96. The number of anilines is 1. The second-order valence-electron chi connectivity index (χ2n) is 5.00. The maximum absolute atomic E-state index is 9.31. The van der Waals surface area contributed by atoms with E-state index in [0.29, 0.717) is 0 Å². The quantitative estimate of drug-likeness (QED) is 0.887. The first-order chi connectivity index (χ1) is 8.62. The summed E-state index contributed by atoms with van der Waals surface area (Å²) in [5.74, 6) is 0.959. The average molecular weight is 250 g/mol. The lowest BCUT2D eigenvalue weighted by Crippen LogP contribution is -2.46. The molecule has 0 bridgehead atoms. The fourth-order valence-electron chi connectivity index (χ4n) is 2.43. The smallest absolute Gasteiger partial charge is 0.129 e. The Hall–Kier alpha value is -1.13. The van der Waals surface area contributed by atoms with E-state index in [0.717, 1.165) is 36.6 Å². The fourth-order valence-corrected chi connectivity index (χ4v) is 2.43. The van der Waals surface area contributed by atoms with Gasteiger partial charge in [0, 0.05) is 18.8 Å². The summed E-state index contributed by atoms with van der Waals surface area (Å²) in [6.45, 7) is 8.03. The van der Waals surface area contributed by atoms with Gasteiger partial charge < -0.3 is 14.7 Å². The number of aromatic nitrogens is 1. The van der Waals surface area contributed by atoms with Gasteiger partial charge in [-0.05, 0) is 38.0 Å². The Morgan fingerprint density at radius 1 is 1.33 bits per heavy atom. The van der Waals surface area contributed by atoms with Crippen LogP contribution in [0.5, 0.6) is 0 Å². The molecule has 2 heterocycles. The van der Waals surface area contributed by atoms with Gasteiger partial charge in [0.2, 0.25) is 0 Å². The van der Waals surface area contributed by atoms with Crippen molar-refractivity contribution in [2.24, 2.45) is 0 Å². The van der Waals surface area contributed by atoms with Crippen molar-refractivity contribution in [3.05, 3.63) is 23.4 Å². The molecule has 1 aliphatic heterocycles. The summed E-state index contributed by atoms with van der Waals surface area (Å²) in [6.07, 6.45) is 1.33. The van der Waals surface area contributed by atoms with E-state index < -0.39 is 0 Å². The highest BCUT2D eigenvalue weighted by atomic mass is 16.5. The third-order valence-electron chi connectivity index (χ3n) is 3.21. The van der Waals surface area contributed by atoms with Crippen LogP contribution in [0.3, 0.4) is 0 Å². The zero-order valence-corrected chi connectivity index (χ0v) is 11.4. The number of aryl methyl sites for hydroxylation is 1. The van der Waals surface area contributed by atoms with Crippen LogP contribution in [0.2, 0.25) is 0 Å². The van der Waals surface area contributed by atoms with Crippen LogP contribution in [0.1, 0.15) is 32.0 Å². The normalized spacial score (nSPS) is 24.3. The summed E-state index contributed by atoms with van der Waals surface area (Å²) in [5, 5.41) is 9.31. The highest BCUT2D eigenvalue weighted by Crippen LogP contribution is 2.20. The molecule has 4 nitrogen and oxygen atoms in total. The van der Waals surface area contributed by atoms with E-state index in [9.17, 15) is 5.11 Å². The number of aliphatic hydroxyl groups is 1. The van der Waals surface area contributed by atoms with E-state index in [-0.39, 0.29) is 18.8 Å². The van der Waals surface area contributed by atoms with Crippen LogP contribution < -0.4 is 4.90 Å². The van der Waals surface area contributed by atoms with Crippen molar-refractivity contribution in [2.75, 3.05) is 18.0 Å². The number of morpholine rings is 1. The minimum absolute atomic E-state index is 0.0674. The zero-order valence-electron chi connectivity index (χ0n) is 11.4. The first kappa shape index (κ1) is 13.3. The number of hydrogen-bond donors (Lipinski definition) is 1. The van der Waals surface area contributed by atoms with Gasteiger partial charge in [-0.3, -0.25) is 0 Å². The molecular weight excluding hydrogens is 228 g/mol. The topological polar surface area (TPSA) is 45.6 Å². The van der Waals surface area contributed by atoms with Gasteiger partial charge >= 0.3 is 0 Å². The zero-order chi connectivity index (χ0) is 13.1. The molecule has 0 aliphatic carbocycles. The second-order valence-corrected chi connectivity index (χ2v) is 5.00. The Morgan fingerprint density at radius 2 is 2.00 bits per heavy atom. The van der Waals surface area contributed by atoms with Crippen molar-refractivity contribution in [1.29, 1.82) is 0 Å². The maximum atomic E-state index is 9.31. The van der Waals surface area contributed by atoms with Crippen LogP contribution in [0.15, 0.2) is 12.1 Å². The SMILES string of the molecule is CCc1cc(CO)cc(N2CC(C)OC(C)C2)n1. The Balaban J connectivity index is 2.25. The van der Waals surface area contributed by atoms with Gasteiger partial charge in [-0.15, -0.1) is 0 Å². The lowest BCUT2D eigenvalue weighted by molar-refractivity contribution is -0.00547. The number of aliphatic hydroxyl groups excluding tert-OH is 1. The number of hydrogen-bond acceptors (Lipinski definition) is 4. The molecule has 1 fully saturated rings. The monoisotopic (exact) mass is 250 g/mol. The molecule has 1 saturated heterocycles. The van der Waals surface area contributed by atoms with Gasteiger partial charge in [0.1, 0.15) is 5.82 Å². The Bertz CT molecular complexity index is 377. The lowest BCUT2D eigenvalue weighted by Gasteiger charge is -2.36. The van der Waals surface area contributed by atoms with Gasteiger partial charge in [-0.25, -0.2) is 4.98 Å². The summed E-state index contributed by atoms with van der Waals surface area (Å²) < 4.78 is 5.73. The Kier molecular flexibility index (Phi) is 4.19. The van der Waals surface area contributed by atoms with Crippen LogP contribution in [-0.2, 0) is 17.8 Å². The van der Waals surface area contributed by atoms with Crippen molar-refractivity contribution in [1.82, 2.24) is 4.98 Å². The summed E-state index contributed by atoms with van der Waals surface area (Å²) in [6, 6.07) is 3.95. The van der Waals surface area contributed by atoms with Crippen LogP contribution in [0.4, 0.5) is 5.82 Å². The van der Waals surface area contributed by atoms with E-state index in [4.69, 9.17) is 4.74 Å². The van der Waals surface area contributed by atoms with Crippen molar-refractivity contribution in [3.63, 3.8) is 0 Å². The molecule has 1 N–H and O–H groups in total. The molecule has 0 spiro atoms. The summed E-state index contributed by atoms with van der Waals surface area (Å²) >= 11 is 0. The summed E-state index contributed by atoms with van der Waals surface area (Å²) in [4.78, 5) is 6.90. The minimum Gasteiger partial charge on any atom is -0.392 e. The molecule has 1 aromatic rings. The highest BCUT2D eigenvalue weighted by molar-refractivity contribution is 5.43.